The Morgan fingerprint density at radius 1 is 1.26 bits per heavy atom. The summed E-state index contributed by atoms with van der Waals surface area (Å²) in [5.41, 5.74) is 2.39. The number of hydrogen-bond donors (Lipinski definition) is 0. The van der Waals surface area contributed by atoms with Crippen LogP contribution in [0.2, 0.25) is 0 Å². The second kappa shape index (κ2) is 5.58. The van der Waals surface area contributed by atoms with E-state index in [4.69, 9.17) is 4.42 Å². The van der Waals surface area contributed by atoms with Crippen molar-refractivity contribution in [2.24, 2.45) is 0 Å². The maximum Gasteiger partial charge on any atom is 0.257 e. The van der Waals surface area contributed by atoms with Crippen LogP contribution in [0.1, 0.15) is 36.1 Å². The second-order valence-electron chi connectivity index (χ2n) is 5.92. The molecular weight excluding hydrogens is 310 g/mol. The molecule has 23 heavy (non-hydrogen) atoms. The van der Waals surface area contributed by atoms with E-state index >= 15 is 0 Å². The molecule has 0 amide bonds. The number of nitrogens with zero attached hydrogens (tertiary/aromatic N) is 5. The van der Waals surface area contributed by atoms with Crippen LogP contribution in [-0.4, -0.2) is 31.2 Å². The molecule has 7 heteroatoms. The Kier molecular flexibility index (Phi) is 3.54. The number of aryl methyl sites for hydroxylation is 1. The summed E-state index contributed by atoms with van der Waals surface area (Å²) < 4.78 is 8.19. The smallest absolute Gasteiger partial charge is 0.257 e. The quantitative estimate of drug-likeness (QED) is 0.738. The molecule has 0 aromatic carbocycles. The minimum atomic E-state index is 0.0854. The summed E-state index contributed by atoms with van der Waals surface area (Å²) >= 11 is 1.61. The molecule has 0 unspecified atom stereocenters. The van der Waals surface area contributed by atoms with Crippen molar-refractivity contribution in [3.05, 3.63) is 40.6 Å². The lowest BCUT2D eigenvalue weighted by molar-refractivity contribution is 0.142. The zero-order valence-electron chi connectivity index (χ0n) is 13.5. The molecule has 120 valence electrons. The number of thiophene rings is 1. The van der Waals surface area contributed by atoms with Crippen molar-refractivity contribution >= 4 is 11.3 Å². The fourth-order valence-corrected chi connectivity index (χ4v) is 3.66. The zero-order chi connectivity index (χ0) is 16.0. The first-order valence-electron chi connectivity index (χ1n) is 7.77. The highest BCUT2D eigenvalue weighted by molar-refractivity contribution is 7.13. The van der Waals surface area contributed by atoms with Gasteiger partial charge in [-0.2, -0.15) is 0 Å². The summed E-state index contributed by atoms with van der Waals surface area (Å²) in [6, 6.07) is 4.07. The van der Waals surface area contributed by atoms with Gasteiger partial charge in [-0.25, -0.2) is 4.98 Å². The van der Waals surface area contributed by atoms with E-state index in [2.05, 4.69) is 45.4 Å². The van der Waals surface area contributed by atoms with Crippen LogP contribution < -0.4 is 0 Å². The Balaban J connectivity index is 1.55. The van der Waals surface area contributed by atoms with E-state index in [1.807, 2.05) is 17.5 Å². The van der Waals surface area contributed by atoms with Gasteiger partial charge in [0.25, 0.3) is 5.89 Å². The standard InChI is InChI=1S/C16H19N5OS/c1-10-11(2)21-7-6-20(9-14(21)17-10)12(3)15-18-19-16(22-15)13-5-4-8-23-13/h4-5,8,12H,6-7,9H2,1-3H3/t12-/m0/s1. The minimum Gasteiger partial charge on any atom is -0.418 e. The van der Waals surface area contributed by atoms with Gasteiger partial charge in [0.1, 0.15) is 5.82 Å². The number of aromatic nitrogens is 4. The molecule has 0 fully saturated rings. The molecule has 3 aromatic heterocycles. The van der Waals surface area contributed by atoms with Gasteiger partial charge in [-0.15, -0.1) is 21.5 Å². The Labute approximate surface area is 138 Å². The van der Waals surface area contributed by atoms with Gasteiger partial charge in [0.05, 0.1) is 23.2 Å². The number of fused-ring (bicyclic) bond motifs is 1. The van der Waals surface area contributed by atoms with Gasteiger partial charge >= 0.3 is 0 Å². The van der Waals surface area contributed by atoms with E-state index in [1.165, 1.54) is 5.69 Å². The first-order chi connectivity index (χ1) is 11.1. The summed E-state index contributed by atoms with van der Waals surface area (Å²) in [7, 11) is 0. The molecule has 0 N–H and O–H groups in total. The second-order valence-corrected chi connectivity index (χ2v) is 6.87. The Hall–Kier alpha value is -1.99. The summed E-state index contributed by atoms with van der Waals surface area (Å²) in [6.45, 7) is 9.05. The van der Waals surface area contributed by atoms with Crippen molar-refractivity contribution < 1.29 is 4.42 Å². The van der Waals surface area contributed by atoms with Crippen molar-refractivity contribution in [3.8, 4) is 10.8 Å². The summed E-state index contributed by atoms with van der Waals surface area (Å²) in [5, 5.41) is 10.4. The van der Waals surface area contributed by atoms with Crippen molar-refractivity contribution in [2.75, 3.05) is 6.54 Å². The van der Waals surface area contributed by atoms with Crippen LogP contribution in [0.5, 0.6) is 0 Å². The molecule has 6 nitrogen and oxygen atoms in total. The first-order valence-corrected chi connectivity index (χ1v) is 8.65. The topological polar surface area (TPSA) is 60.0 Å². The SMILES string of the molecule is Cc1nc2n(c1C)CCN([C@@H](C)c1nnc(-c3cccs3)o1)C2. The molecule has 3 aromatic rings. The fourth-order valence-electron chi connectivity index (χ4n) is 3.02. The third kappa shape index (κ3) is 2.49. The lowest BCUT2D eigenvalue weighted by Crippen LogP contribution is -2.36. The van der Waals surface area contributed by atoms with Gasteiger partial charge in [0.15, 0.2) is 0 Å². The van der Waals surface area contributed by atoms with Crippen molar-refractivity contribution in [2.45, 2.75) is 39.9 Å². The minimum absolute atomic E-state index is 0.0854. The highest BCUT2D eigenvalue weighted by Crippen LogP contribution is 2.29. The van der Waals surface area contributed by atoms with Crippen LogP contribution in [0.3, 0.4) is 0 Å². The van der Waals surface area contributed by atoms with Gasteiger partial charge in [-0.1, -0.05) is 6.07 Å². The molecule has 4 heterocycles. The van der Waals surface area contributed by atoms with Gasteiger partial charge in [0.2, 0.25) is 5.89 Å². The normalized spacial score (nSPS) is 16.5. The van der Waals surface area contributed by atoms with Crippen molar-refractivity contribution in [1.29, 1.82) is 0 Å². The Morgan fingerprint density at radius 3 is 2.91 bits per heavy atom. The van der Waals surface area contributed by atoms with Crippen LogP contribution in [0.4, 0.5) is 0 Å². The molecule has 0 aliphatic carbocycles. The van der Waals surface area contributed by atoms with E-state index in [0.29, 0.717) is 11.8 Å². The van der Waals surface area contributed by atoms with Crippen LogP contribution in [0.15, 0.2) is 21.9 Å². The molecule has 0 spiro atoms. The van der Waals surface area contributed by atoms with Gasteiger partial charge in [-0.3, -0.25) is 4.90 Å². The van der Waals surface area contributed by atoms with Crippen LogP contribution >= 0.6 is 11.3 Å². The van der Waals surface area contributed by atoms with Gasteiger partial charge < -0.3 is 8.98 Å². The molecule has 4 rings (SSSR count). The van der Waals surface area contributed by atoms with E-state index < -0.39 is 0 Å². The van der Waals surface area contributed by atoms with Crippen LogP contribution in [-0.2, 0) is 13.1 Å². The summed E-state index contributed by atoms with van der Waals surface area (Å²) in [6.07, 6.45) is 0. The van der Waals surface area contributed by atoms with Crippen LogP contribution in [0, 0.1) is 13.8 Å². The number of imidazole rings is 1. The third-order valence-corrected chi connectivity index (χ3v) is 5.43. The van der Waals surface area contributed by atoms with E-state index in [-0.39, 0.29) is 6.04 Å². The first kappa shape index (κ1) is 14.6. The molecule has 1 atom stereocenters. The lowest BCUT2D eigenvalue weighted by Gasteiger charge is -2.31. The molecule has 0 radical (unpaired) electrons. The number of hydrogen-bond acceptors (Lipinski definition) is 6. The maximum atomic E-state index is 5.88. The zero-order valence-corrected chi connectivity index (χ0v) is 14.3. The predicted octanol–water partition coefficient (Wildman–Crippen LogP) is 3.19. The predicted molar refractivity (Wildman–Crippen MR) is 88.1 cm³/mol. The van der Waals surface area contributed by atoms with Crippen molar-refractivity contribution in [3.63, 3.8) is 0 Å². The largest absolute Gasteiger partial charge is 0.418 e. The molecule has 1 aliphatic rings. The Morgan fingerprint density at radius 2 is 2.13 bits per heavy atom. The molecule has 0 saturated heterocycles. The van der Waals surface area contributed by atoms with E-state index in [9.17, 15) is 0 Å². The van der Waals surface area contributed by atoms with Crippen molar-refractivity contribution in [1.82, 2.24) is 24.6 Å². The number of rotatable bonds is 3. The summed E-state index contributed by atoms with van der Waals surface area (Å²) in [5.74, 6) is 2.39. The molecule has 1 aliphatic heterocycles. The molecule has 0 bridgehead atoms. The monoisotopic (exact) mass is 329 g/mol. The fraction of sp³-hybridized carbons (Fsp3) is 0.438. The van der Waals surface area contributed by atoms with E-state index in [0.717, 1.165) is 36.0 Å². The van der Waals surface area contributed by atoms with Crippen LogP contribution in [0.25, 0.3) is 10.8 Å². The Bertz CT molecular complexity index is 820. The molecular formula is C16H19N5OS. The third-order valence-electron chi connectivity index (χ3n) is 4.57. The lowest BCUT2D eigenvalue weighted by atomic mass is 10.2. The maximum absolute atomic E-state index is 5.88. The highest BCUT2D eigenvalue weighted by Gasteiger charge is 2.27. The van der Waals surface area contributed by atoms with E-state index in [1.54, 1.807) is 11.3 Å². The molecule has 0 saturated carbocycles. The highest BCUT2D eigenvalue weighted by atomic mass is 32.1. The average Bonchev–Trinajstić information content (AvgIpc) is 3.27. The van der Waals surface area contributed by atoms with Gasteiger partial charge in [-0.05, 0) is 32.2 Å². The van der Waals surface area contributed by atoms with Gasteiger partial charge in [0, 0.05) is 18.8 Å². The summed E-state index contributed by atoms with van der Waals surface area (Å²) in [4.78, 5) is 8.03. The average molecular weight is 329 g/mol.